The minimum absolute atomic E-state index is 0.0853. The van der Waals surface area contributed by atoms with Crippen molar-refractivity contribution in [1.29, 1.82) is 0 Å². The van der Waals surface area contributed by atoms with E-state index in [0.29, 0.717) is 12.1 Å². The number of amides is 1. The number of nitrogens with one attached hydrogen (secondary N) is 1. The Morgan fingerprint density at radius 2 is 2.25 bits per heavy atom. The number of aryl methyl sites for hydroxylation is 1. The van der Waals surface area contributed by atoms with Crippen LogP contribution >= 0.6 is 11.6 Å². The molecule has 5 nitrogen and oxygen atoms in total. The van der Waals surface area contributed by atoms with Crippen molar-refractivity contribution in [2.24, 2.45) is 5.92 Å². The summed E-state index contributed by atoms with van der Waals surface area (Å²) >= 11 is 6.16. The fourth-order valence-corrected chi connectivity index (χ4v) is 3.00. The molecule has 1 fully saturated rings. The summed E-state index contributed by atoms with van der Waals surface area (Å²) in [5.41, 5.74) is 0.587. The van der Waals surface area contributed by atoms with Crippen LogP contribution in [0.3, 0.4) is 0 Å². The third-order valence-electron chi connectivity index (χ3n) is 3.77. The predicted molar refractivity (Wildman–Crippen MR) is 77.1 cm³/mol. The van der Waals surface area contributed by atoms with E-state index in [9.17, 15) is 14.9 Å². The van der Waals surface area contributed by atoms with Gasteiger partial charge in [0.2, 0.25) is 0 Å². The highest BCUT2D eigenvalue weighted by Gasteiger charge is 2.27. The van der Waals surface area contributed by atoms with Crippen LogP contribution in [0.25, 0.3) is 0 Å². The van der Waals surface area contributed by atoms with E-state index in [1.807, 2.05) is 0 Å². The first kappa shape index (κ1) is 14.8. The Morgan fingerprint density at radius 3 is 2.85 bits per heavy atom. The van der Waals surface area contributed by atoms with Gasteiger partial charge in [0.05, 0.1) is 4.92 Å². The average Bonchev–Trinajstić information content (AvgIpc) is 2.81. The van der Waals surface area contributed by atoms with E-state index in [0.717, 1.165) is 19.3 Å². The number of carbonyl (C=O) groups is 1. The van der Waals surface area contributed by atoms with E-state index in [1.165, 1.54) is 6.07 Å². The number of hydrogen-bond donors (Lipinski definition) is 1. The number of nitro benzene ring substituents is 1. The molecular weight excluding hydrogens is 280 g/mol. The lowest BCUT2D eigenvalue weighted by molar-refractivity contribution is -0.385. The summed E-state index contributed by atoms with van der Waals surface area (Å²) in [4.78, 5) is 22.7. The Morgan fingerprint density at radius 1 is 1.50 bits per heavy atom. The highest BCUT2D eigenvalue weighted by molar-refractivity contribution is 6.21. The van der Waals surface area contributed by atoms with Crippen molar-refractivity contribution in [2.75, 3.05) is 6.54 Å². The molecule has 0 bridgehead atoms. The van der Waals surface area contributed by atoms with Gasteiger partial charge in [-0.25, -0.2) is 0 Å². The van der Waals surface area contributed by atoms with E-state index in [4.69, 9.17) is 11.6 Å². The predicted octanol–water partition coefficient (Wildman–Crippen LogP) is 3.04. The Bertz CT molecular complexity index is 533. The van der Waals surface area contributed by atoms with Gasteiger partial charge < -0.3 is 5.32 Å². The van der Waals surface area contributed by atoms with Gasteiger partial charge in [-0.1, -0.05) is 18.6 Å². The summed E-state index contributed by atoms with van der Waals surface area (Å²) in [7, 11) is 0. The monoisotopic (exact) mass is 296 g/mol. The van der Waals surface area contributed by atoms with Crippen molar-refractivity contribution in [3.05, 3.63) is 39.4 Å². The van der Waals surface area contributed by atoms with Gasteiger partial charge in [-0.3, -0.25) is 14.9 Å². The molecule has 6 heteroatoms. The van der Waals surface area contributed by atoms with Gasteiger partial charge in [-0.15, -0.1) is 11.6 Å². The number of halogens is 1. The molecule has 1 saturated carbocycles. The van der Waals surface area contributed by atoms with Crippen LogP contribution in [0, 0.1) is 23.0 Å². The molecule has 1 aromatic rings. The fourth-order valence-electron chi connectivity index (χ4n) is 2.63. The fraction of sp³-hybridized carbons (Fsp3) is 0.500. The summed E-state index contributed by atoms with van der Waals surface area (Å²) in [6.07, 6.45) is 3.02. The minimum Gasteiger partial charge on any atom is -0.351 e. The van der Waals surface area contributed by atoms with Crippen LogP contribution in [0.4, 0.5) is 5.69 Å². The molecule has 0 heterocycles. The number of nitro groups is 1. The number of rotatable bonds is 4. The molecule has 108 valence electrons. The maximum atomic E-state index is 12.2. The number of hydrogen-bond acceptors (Lipinski definition) is 3. The number of alkyl halides is 1. The first-order valence-corrected chi connectivity index (χ1v) is 7.10. The Labute approximate surface area is 122 Å². The molecule has 2 rings (SSSR count). The zero-order valence-electron chi connectivity index (χ0n) is 11.3. The second-order valence-electron chi connectivity index (χ2n) is 5.14. The topological polar surface area (TPSA) is 72.2 Å². The van der Waals surface area contributed by atoms with Crippen LogP contribution in [0.15, 0.2) is 18.2 Å². The summed E-state index contributed by atoms with van der Waals surface area (Å²) < 4.78 is 0. The van der Waals surface area contributed by atoms with E-state index in [-0.39, 0.29) is 22.5 Å². The first-order chi connectivity index (χ1) is 9.50. The largest absolute Gasteiger partial charge is 0.351 e. The molecule has 0 spiro atoms. The standard InChI is InChI=1S/C14H17ClN2O3/c1-9-4-2-7-12(17(19)20)13(9)14(18)16-8-10-5-3-6-11(10)15/h2,4,7,10-11H,3,5-6,8H2,1H3,(H,16,18). The molecule has 0 aromatic heterocycles. The van der Waals surface area contributed by atoms with Crippen LogP contribution in [-0.4, -0.2) is 22.8 Å². The highest BCUT2D eigenvalue weighted by Crippen LogP contribution is 2.29. The van der Waals surface area contributed by atoms with Gasteiger partial charge in [0.15, 0.2) is 0 Å². The molecule has 2 atom stereocenters. The third kappa shape index (κ3) is 3.10. The van der Waals surface area contributed by atoms with Crippen molar-refractivity contribution in [3.8, 4) is 0 Å². The van der Waals surface area contributed by atoms with Crippen molar-refractivity contribution in [2.45, 2.75) is 31.6 Å². The summed E-state index contributed by atoms with van der Waals surface area (Å²) in [6, 6.07) is 4.62. The van der Waals surface area contributed by atoms with Gasteiger partial charge in [0.1, 0.15) is 5.56 Å². The van der Waals surface area contributed by atoms with E-state index in [1.54, 1.807) is 19.1 Å². The maximum absolute atomic E-state index is 12.2. The number of carbonyl (C=O) groups excluding carboxylic acids is 1. The van der Waals surface area contributed by atoms with Gasteiger partial charge in [0, 0.05) is 18.0 Å². The lowest BCUT2D eigenvalue weighted by atomic mass is 10.0. The van der Waals surface area contributed by atoms with Crippen LogP contribution in [0.5, 0.6) is 0 Å². The van der Waals surface area contributed by atoms with Crippen LogP contribution in [0.1, 0.15) is 35.2 Å². The van der Waals surface area contributed by atoms with Crippen molar-refractivity contribution >= 4 is 23.2 Å². The maximum Gasteiger partial charge on any atom is 0.282 e. The second-order valence-corrected chi connectivity index (χ2v) is 5.70. The average molecular weight is 297 g/mol. The third-order valence-corrected chi connectivity index (χ3v) is 4.34. The normalized spacial score (nSPS) is 21.7. The number of nitrogens with zero attached hydrogens (tertiary/aromatic N) is 1. The molecule has 1 aliphatic carbocycles. The quantitative estimate of drug-likeness (QED) is 0.527. The highest BCUT2D eigenvalue weighted by atomic mass is 35.5. The lowest BCUT2D eigenvalue weighted by Crippen LogP contribution is -2.31. The van der Waals surface area contributed by atoms with Crippen molar-refractivity contribution in [3.63, 3.8) is 0 Å². The summed E-state index contributed by atoms with van der Waals surface area (Å²) in [5, 5.41) is 13.9. The second kappa shape index (κ2) is 6.22. The van der Waals surface area contributed by atoms with Crippen molar-refractivity contribution < 1.29 is 9.72 Å². The molecule has 0 saturated heterocycles. The van der Waals surface area contributed by atoms with E-state index in [2.05, 4.69) is 5.32 Å². The lowest BCUT2D eigenvalue weighted by Gasteiger charge is -2.15. The van der Waals surface area contributed by atoms with Gasteiger partial charge in [0.25, 0.3) is 11.6 Å². The molecule has 0 radical (unpaired) electrons. The molecule has 20 heavy (non-hydrogen) atoms. The molecule has 1 amide bonds. The van der Waals surface area contributed by atoms with E-state index < -0.39 is 10.8 Å². The smallest absolute Gasteiger partial charge is 0.282 e. The molecule has 1 aliphatic rings. The Hall–Kier alpha value is -1.62. The van der Waals surface area contributed by atoms with Gasteiger partial charge >= 0.3 is 0 Å². The molecular formula is C14H17ClN2O3. The van der Waals surface area contributed by atoms with Crippen LogP contribution in [-0.2, 0) is 0 Å². The Kier molecular flexibility index (Phi) is 4.60. The molecule has 1 N–H and O–H groups in total. The zero-order chi connectivity index (χ0) is 14.7. The number of benzene rings is 1. The van der Waals surface area contributed by atoms with Gasteiger partial charge in [-0.05, 0) is 31.2 Å². The molecule has 1 aromatic carbocycles. The van der Waals surface area contributed by atoms with E-state index >= 15 is 0 Å². The SMILES string of the molecule is Cc1cccc([N+](=O)[O-])c1C(=O)NCC1CCCC1Cl. The molecule has 2 unspecified atom stereocenters. The van der Waals surface area contributed by atoms with Crippen LogP contribution in [0.2, 0.25) is 0 Å². The molecule has 0 aliphatic heterocycles. The first-order valence-electron chi connectivity index (χ1n) is 6.67. The summed E-state index contributed by atoms with van der Waals surface area (Å²) in [6.45, 7) is 2.17. The zero-order valence-corrected chi connectivity index (χ0v) is 12.0. The Balaban J connectivity index is 2.11. The minimum atomic E-state index is -0.526. The van der Waals surface area contributed by atoms with Crippen molar-refractivity contribution in [1.82, 2.24) is 5.32 Å². The summed E-state index contributed by atoms with van der Waals surface area (Å²) in [5.74, 6) is -0.144. The van der Waals surface area contributed by atoms with Gasteiger partial charge in [-0.2, -0.15) is 0 Å². The van der Waals surface area contributed by atoms with Crippen LogP contribution < -0.4 is 5.32 Å².